The second-order valence-electron chi connectivity index (χ2n) is 6.74. The van der Waals surface area contributed by atoms with Gasteiger partial charge in [-0.2, -0.15) is 0 Å². The zero-order valence-electron chi connectivity index (χ0n) is 12.7. The number of piperidine rings is 2. The molecule has 2 aliphatic heterocycles. The molecule has 2 heterocycles. The zero-order chi connectivity index (χ0) is 13.8. The molecular weight excluding hydrogens is 244 g/mol. The van der Waals surface area contributed by atoms with Crippen molar-refractivity contribution in [1.82, 2.24) is 10.2 Å². The average Bonchev–Trinajstić information content (AvgIpc) is 2.49. The fraction of sp³-hybridized carbons (Fsp3) is 0.667. The number of likely N-dealkylation sites (tertiary alicyclic amines) is 1. The van der Waals surface area contributed by atoms with E-state index in [2.05, 4.69) is 47.5 Å². The highest BCUT2D eigenvalue weighted by Crippen LogP contribution is 2.33. The fourth-order valence-electron chi connectivity index (χ4n) is 4.02. The number of hydrogen-bond acceptors (Lipinski definition) is 2. The van der Waals surface area contributed by atoms with E-state index >= 15 is 0 Å². The summed E-state index contributed by atoms with van der Waals surface area (Å²) in [6, 6.07) is 11.1. The van der Waals surface area contributed by atoms with Crippen LogP contribution in [0.3, 0.4) is 0 Å². The van der Waals surface area contributed by atoms with Gasteiger partial charge in [0.05, 0.1) is 0 Å². The molecule has 2 aliphatic rings. The van der Waals surface area contributed by atoms with Crippen LogP contribution in [0.25, 0.3) is 0 Å². The van der Waals surface area contributed by atoms with E-state index in [-0.39, 0.29) is 0 Å². The highest BCUT2D eigenvalue weighted by molar-refractivity contribution is 5.21. The van der Waals surface area contributed by atoms with Crippen LogP contribution < -0.4 is 5.32 Å². The Morgan fingerprint density at radius 2 is 1.85 bits per heavy atom. The Hall–Kier alpha value is -0.860. The zero-order valence-corrected chi connectivity index (χ0v) is 12.7. The maximum atomic E-state index is 3.47. The molecule has 2 unspecified atom stereocenters. The maximum absolute atomic E-state index is 3.47. The fourth-order valence-corrected chi connectivity index (χ4v) is 4.02. The molecule has 0 aromatic heterocycles. The van der Waals surface area contributed by atoms with Crippen molar-refractivity contribution in [3.63, 3.8) is 0 Å². The molecule has 0 spiro atoms. The minimum atomic E-state index is 0.764. The third-order valence-electron chi connectivity index (χ3n) is 5.19. The summed E-state index contributed by atoms with van der Waals surface area (Å²) in [5.41, 5.74) is 1.54. The third-order valence-corrected chi connectivity index (χ3v) is 5.19. The summed E-state index contributed by atoms with van der Waals surface area (Å²) in [6.45, 7) is 8.78. The molecule has 2 fully saturated rings. The van der Waals surface area contributed by atoms with Crippen LogP contribution >= 0.6 is 0 Å². The van der Waals surface area contributed by atoms with Crippen molar-refractivity contribution in [2.75, 3.05) is 32.7 Å². The molecular formula is C18H28N2. The van der Waals surface area contributed by atoms with E-state index in [9.17, 15) is 0 Å². The highest BCUT2D eigenvalue weighted by atomic mass is 15.1. The van der Waals surface area contributed by atoms with Crippen LogP contribution in [0.5, 0.6) is 0 Å². The first-order valence-electron chi connectivity index (χ1n) is 8.31. The van der Waals surface area contributed by atoms with Gasteiger partial charge in [0.25, 0.3) is 0 Å². The van der Waals surface area contributed by atoms with Gasteiger partial charge >= 0.3 is 0 Å². The first-order valence-corrected chi connectivity index (χ1v) is 8.31. The number of benzene rings is 1. The summed E-state index contributed by atoms with van der Waals surface area (Å²) >= 11 is 0. The molecule has 0 aliphatic carbocycles. The maximum Gasteiger partial charge on any atom is 0.00130 e. The number of nitrogens with one attached hydrogen (secondary N) is 1. The predicted octanol–water partition coefficient (Wildman–Crippen LogP) is 3.11. The SMILES string of the molecule is CC1CN(CC2CCNCC2)CCC1c1ccccc1. The van der Waals surface area contributed by atoms with E-state index < -0.39 is 0 Å². The molecule has 2 saturated heterocycles. The third kappa shape index (κ3) is 3.42. The highest BCUT2D eigenvalue weighted by Gasteiger charge is 2.28. The van der Waals surface area contributed by atoms with Crippen molar-refractivity contribution in [1.29, 1.82) is 0 Å². The molecule has 2 atom stereocenters. The summed E-state index contributed by atoms with van der Waals surface area (Å²) in [6.07, 6.45) is 4.07. The Balaban J connectivity index is 1.54. The summed E-state index contributed by atoms with van der Waals surface area (Å²) in [5.74, 6) is 2.48. The van der Waals surface area contributed by atoms with Crippen LogP contribution in [0.2, 0.25) is 0 Å². The van der Waals surface area contributed by atoms with Crippen LogP contribution in [0, 0.1) is 11.8 Å². The largest absolute Gasteiger partial charge is 0.317 e. The van der Waals surface area contributed by atoms with Crippen molar-refractivity contribution in [2.24, 2.45) is 11.8 Å². The Morgan fingerprint density at radius 1 is 1.10 bits per heavy atom. The van der Waals surface area contributed by atoms with Gasteiger partial charge in [-0.3, -0.25) is 0 Å². The van der Waals surface area contributed by atoms with Gasteiger partial charge in [-0.05, 0) is 62.2 Å². The second-order valence-corrected chi connectivity index (χ2v) is 6.74. The second kappa shape index (κ2) is 6.73. The standard InChI is InChI=1S/C18H28N2/c1-15-13-20(14-16-7-10-19-11-8-16)12-9-18(15)17-5-3-2-4-6-17/h2-6,15-16,18-19H,7-14H2,1H3. The van der Waals surface area contributed by atoms with Crippen molar-refractivity contribution < 1.29 is 0 Å². The molecule has 0 bridgehead atoms. The first-order chi connectivity index (χ1) is 9.83. The number of nitrogens with zero attached hydrogens (tertiary/aromatic N) is 1. The molecule has 2 nitrogen and oxygen atoms in total. The topological polar surface area (TPSA) is 15.3 Å². The minimum Gasteiger partial charge on any atom is -0.317 e. The van der Waals surface area contributed by atoms with Gasteiger partial charge < -0.3 is 10.2 Å². The molecule has 2 heteroatoms. The van der Waals surface area contributed by atoms with Gasteiger partial charge in [-0.1, -0.05) is 37.3 Å². The van der Waals surface area contributed by atoms with Gasteiger partial charge in [-0.25, -0.2) is 0 Å². The number of rotatable bonds is 3. The molecule has 1 N–H and O–H groups in total. The van der Waals surface area contributed by atoms with E-state index in [0.29, 0.717) is 0 Å². The lowest BCUT2D eigenvalue weighted by atomic mass is 9.81. The average molecular weight is 272 g/mol. The lowest BCUT2D eigenvalue weighted by molar-refractivity contribution is 0.131. The van der Waals surface area contributed by atoms with Crippen LogP contribution in [-0.4, -0.2) is 37.6 Å². The summed E-state index contributed by atoms with van der Waals surface area (Å²) in [4.78, 5) is 2.72. The Morgan fingerprint density at radius 3 is 2.55 bits per heavy atom. The predicted molar refractivity (Wildman–Crippen MR) is 85.0 cm³/mol. The van der Waals surface area contributed by atoms with Crippen LogP contribution in [0.1, 0.15) is 37.7 Å². The molecule has 20 heavy (non-hydrogen) atoms. The lowest BCUT2D eigenvalue weighted by Crippen LogP contribution is -2.42. The summed E-state index contributed by atoms with van der Waals surface area (Å²) in [7, 11) is 0. The van der Waals surface area contributed by atoms with E-state index in [1.807, 2.05) is 0 Å². The van der Waals surface area contributed by atoms with E-state index in [0.717, 1.165) is 17.8 Å². The minimum absolute atomic E-state index is 0.764. The van der Waals surface area contributed by atoms with Gasteiger partial charge in [0.2, 0.25) is 0 Å². The van der Waals surface area contributed by atoms with Crippen molar-refractivity contribution in [3.8, 4) is 0 Å². The van der Waals surface area contributed by atoms with Gasteiger partial charge in [-0.15, -0.1) is 0 Å². The molecule has 1 aromatic carbocycles. The summed E-state index contributed by atoms with van der Waals surface area (Å²) < 4.78 is 0. The normalized spacial score (nSPS) is 29.4. The van der Waals surface area contributed by atoms with Crippen LogP contribution in [0.4, 0.5) is 0 Å². The molecule has 110 valence electrons. The molecule has 3 rings (SSSR count). The van der Waals surface area contributed by atoms with Gasteiger partial charge in [0, 0.05) is 13.1 Å². The Kier molecular flexibility index (Phi) is 4.74. The van der Waals surface area contributed by atoms with Crippen molar-refractivity contribution in [2.45, 2.75) is 32.1 Å². The quantitative estimate of drug-likeness (QED) is 0.909. The molecule has 0 saturated carbocycles. The van der Waals surface area contributed by atoms with Gasteiger partial charge in [0.1, 0.15) is 0 Å². The molecule has 0 amide bonds. The van der Waals surface area contributed by atoms with E-state index in [4.69, 9.17) is 0 Å². The van der Waals surface area contributed by atoms with Crippen LogP contribution in [0.15, 0.2) is 30.3 Å². The van der Waals surface area contributed by atoms with Crippen LogP contribution in [-0.2, 0) is 0 Å². The Bertz CT molecular complexity index is 397. The van der Waals surface area contributed by atoms with E-state index in [1.54, 1.807) is 5.56 Å². The summed E-state index contributed by atoms with van der Waals surface area (Å²) in [5, 5.41) is 3.47. The Labute approximate surface area is 123 Å². The van der Waals surface area contributed by atoms with E-state index in [1.165, 1.54) is 52.0 Å². The number of hydrogen-bond donors (Lipinski definition) is 1. The lowest BCUT2D eigenvalue weighted by Gasteiger charge is -2.39. The molecule has 1 aromatic rings. The smallest absolute Gasteiger partial charge is 0.00130 e. The first kappa shape index (κ1) is 14.1. The monoisotopic (exact) mass is 272 g/mol. The van der Waals surface area contributed by atoms with Crippen molar-refractivity contribution in [3.05, 3.63) is 35.9 Å². The van der Waals surface area contributed by atoms with Gasteiger partial charge in [0.15, 0.2) is 0 Å². The van der Waals surface area contributed by atoms with Crippen molar-refractivity contribution >= 4 is 0 Å². The molecule has 0 radical (unpaired) electrons.